The third kappa shape index (κ3) is 3.73. The van der Waals surface area contributed by atoms with Crippen LogP contribution in [-0.4, -0.2) is 21.2 Å². The van der Waals surface area contributed by atoms with Crippen molar-refractivity contribution in [2.45, 2.75) is 13.5 Å². The molecule has 0 N–H and O–H groups in total. The van der Waals surface area contributed by atoms with Crippen LogP contribution in [0.5, 0.6) is 0 Å². The highest BCUT2D eigenvalue weighted by Gasteiger charge is 2.15. The van der Waals surface area contributed by atoms with E-state index in [-0.39, 0.29) is 12.5 Å². The Balaban J connectivity index is 1.51. The van der Waals surface area contributed by atoms with Gasteiger partial charge in [0.1, 0.15) is 0 Å². The molecule has 2 aromatic carbocycles. The number of ether oxygens (including phenoxy) is 1. The summed E-state index contributed by atoms with van der Waals surface area (Å²) in [5.41, 5.74) is 2.75. The smallest absolute Gasteiger partial charge is 0.339 e. The molecule has 0 unspecified atom stereocenters. The molecule has 0 saturated heterocycles. The summed E-state index contributed by atoms with van der Waals surface area (Å²) in [7, 11) is 0. The Bertz CT molecular complexity index is 1120. The van der Waals surface area contributed by atoms with E-state index in [2.05, 4.69) is 31.1 Å². The molecule has 4 rings (SSSR count). The van der Waals surface area contributed by atoms with Crippen molar-refractivity contribution in [3.8, 4) is 11.5 Å². The van der Waals surface area contributed by atoms with Gasteiger partial charge in [-0.1, -0.05) is 34.1 Å². The molecule has 0 saturated carbocycles. The number of halogens is 1. The second kappa shape index (κ2) is 7.28. The number of hydrogen-bond donors (Lipinski definition) is 0. The van der Waals surface area contributed by atoms with Crippen molar-refractivity contribution < 1.29 is 13.9 Å². The third-order valence-corrected chi connectivity index (χ3v) is 4.48. The van der Waals surface area contributed by atoms with Gasteiger partial charge in [0.15, 0.2) is 6.61 Å². The number of para-hydroxylation sites is 1. The first-order valence-corrected chi connectivity index (χ1v) is 9.01. The first kappa shape index (κ1) is 17.4. The fourth-order valence-electron chi connectivity index (χ4n) is 2.70. The van der Waals surface area contributed by atoms with Crippen LogP contribution in [0.1, 0.15) is 21.9 Å². The molecule has 2 aromatic heterocycles. The quantitative estimate of drug-likeness (QED) is 0.442. The molecular formula is C20H14BrN3O3. The number of benzene rings is 2. The maximum atomic E-state index is 12.6. The van der Waals surface area contributed by atoms with Crippen molar-refractivity contribution in [1.29, 1.82) is 0 Å². The van der Waals surface area contributed by atoms with Crippen LogP contribution < -0.4 is 0 Å². The zero-order chi connectivity index (χ0) is 18.8. The van der Waals surface area contributed by atoms with Gasteiger partial charge in [0.2, 0.25) is 5.89 Å². The zero-order valence-corrected chi connectivity index (χ0v) is 15.9. The summed E-state index contributed by atoms with van der Waals surface area (Å²) in [6, 6.07) is 16.7. The fourth-order valence-corrected chi connectivity index (χ4v) is 2.97. The van der Waals surface area contributed by atoms with Crippen LogP contribution in [0.25, 0.3) is 22.4 Å². The van der Waals surface area contributed by atoms with E-state index in [1.54, 1.807) is 6.07 Å². The van der Waals surface area contributed by atoms with Crippen LogP contribution in [0, 0.1) is 6.92 Å². The summed E-state index contributed by atoms with van der Waals surface area (Å²) in [5, 5.41) is 8.68. The largest absolute Gasteiger partial charge is 0.452 e. The highest BCUT2D eigenvalue weighted by atomic mass is 79.9. The second-order valence-corrected chi connectivity index (χ2v) is 6.83. The predicted octanol–water partition coefficient (Wildman–Crippen LogP) is 4.71. The predicted molar refractivity (Wildman–Crippen MR) is 103 cm³/mol. The van der Waals surface area contributed by atoms with Gasteiger partial charge in [-0.2, -0.15) is 0 Å². The molecule has 0 aliphatic rings. The molecular weight excluding hydrogens is 410 g/mol. The van der Waals surface area contributed by atoms with Gasteiger partial charge in [0.25, 0.3) is 5.89 Å². The number of fused-ring (bicyclic) bond motifs is 1. The van der Waals surface area contributed by atoms with E-state index in [1.807, 2.05) is 55.5 Å². The van der Waals surface area contributed by atoms with E-state index in [0.29, 0.717) is 11.5 Å². The van der Waals surface area contributed by atoms with Gasteiger partial charge < -0.3 is 9.15 Å². The number of carbonyl (C=O) groups excluding carboxylic acids is 1. The molecule has 7 heteroatoms. The molecule has 27 heavy (non-hydrogen) atoms. The summed E-state index contributed by atoms with van der Waals surface area (Å²) >= 11 is 3.38. The van der Waals surface area contributed by atoms with E-state index in [9.17, 15) is 4.79 Å². The summed E-state index contributed by atoms with van der Waals surface area (Å²) in [4.78, 5) is 17.0. The molecule has 0 aliphatic heterocycles. The molecule has 0 fully saturated rings. The Morgan fingerprint density at radius 2 is 1.89 bits per heavy atom. The number of nitrogens with zero attached hydrogens (tertiary/aromatic N) is 3. The van der Waals surface area contributed by atoms with Gasteiger partial charge in [0, 0.05) is 21.1 Å². The molecule has 0 radical (unpaired) electrons. The number of rotatable bonds is 4. The molecule has 0 aliphatic carbocycles. The van der Waals surface area contributed by atoms with Gasteiger partial charge in [-0.05, 0) is 43.3 Å². The highest BCUT2D eigenvalue weighted by molar-refractivity contribution is 9.10. The molecule has 2 heterocycles. The highest BCUT2D eigenvalue weighted by Crippen LogP contribution is 2.22. The average Bonchev–Trinajstić information content (AvgIpc) is 3.15. The summed E-state index contributed by atoms with van der Waals surface area (Å²) in [6.45, 7) is 1.74. The molecule has 6 nitrogen and oxygen atoms in total. The lowest BCUT2D eigenvalue weighted by Crippen LogP contribution is -2.07. The van der Waals surface area contributed by atoms with Gasteiger partial charge in [0.05, 0.1) is 11.1 Å². The molecule has 0 amide bonds. The van der Waals surface area contributed by atoms with Gasteiger partial charge in [-0.25, -0.2) is 4.79 Å². The Labute approximate surface area is 163 Å². The lowest BCUT2D eigenvalue weighted by atomic mass is 10.1. The SMILES string of the molecule is Cc1cc(C(=O)OCc2nnc(-c3ccc(Br)cc3)o2)c2ccccc2n1. The minimum absolute atomic E-state index is 0.0991. The van der Waals surface area contributed by atoms with Crippen molar-refractivity contribution in [3.05, 3.63) is 76.2 Å². The van der Waals surface area contributed by atoms with E-state index >= 15 is 0 Å². The minimum Gasteiger partial charge on any atom is -0.452 e. The van der Waals surface area contributed by atoms with Gasteiger partial charge in [-0.15, -0.1) is 10.2 Å². The summed E-state index contributed by atoms with van der Waals surface area (Å²) < 4.78 is 11.9. The van der Waals surface area contributed by atoms with E-state index < -0.39 is 5.97 Å². The molecule has 4 aromatic rings. The van der Waals surface area contributed by atoms with Crippen LogP contribution in [0.4, 0.5) is 0 Å². The molecule has 0 spiro atoms. The number of carbonyl (C=O) groups is 1. The molecule has 0 bridgehead atoms. The Morgan fingerprint density at radius 3 is 2.70 bits per heavy atom. The number of esters is 1. The first-order valence-electron chi connectivity index (χ1n) is 8.22. The lowest BCUT2D eigenvalue weighted by Gasteiger charge is -2.07. The Hall–Kier alpha value is -3.06. The topological polar surface area (TPSA) is 78.1 Å². The van der Waals surface area contributed by atoms with Crippen LogP contribution >= 0.6 is 15.9 Å². The van der Waals surface area contributed by atoms with Gasteiger partial charge >= 0.3 is 5.97 Å². The lowest BCUT2D eigenvalue weighted by molar-refractivity contribution is 0.0441. The van der Waals surface area contributed by atoms with Crippen molar-refractivity contribution in [1.82, 2.24) is 15.2 Å². The Morgan fingerprint density at radius 1 is 1.11 bits per heavy atom. The normalized spacial score (nSPS) is 10.9. The van der Waals surface area contributed by atoms with E-state index in [0.717, 1.165) is 26.6 Å². The molecule has 134 valence electrons. The van der Waals surface area contributed by atoms with Crippen molar-refractivity contribution in [2.24, 2.45) is 0 Å². The zero-order valence-electron chi connectivity index (χ0n) is 14.3. The number of aromatic nitrogens is 3. The minimum atomic E-state index is -0.458. The van der Waals surface area contributed by atoms with Crippen molar-refractivity contribution in [3.63, 3.8) is 0 Å². The summed E-state index contributed by atoms with van der Waals surface area (Å²) in [5.74, 6) is 0.148. The summed E-state index contributed by atoms with van der Waals surface area (Å²) in [6.07, 6.45) is 0. The maximum absolute atomic E-state index is 12.6. The molecule has 0 atom stereocenters. The second-order valence-electron chi connectivity index (χ2n) is 5.91. The van der Waals surface area contributed by atoms with Crippen molar-refractivity contribution >= 4 is 32.8 Å². The van der Waals surface area contributed by atoms with Crippen LogP contribution in [-0.2, 0) is 11.3 Å². The monoisotopic (exact) mass is 423 g/mol. The third-order valence-electron chi connectivity index (χ3n) is 3.95. The van der Waals surface area contributed by atoms with E-state index in [4.69, 9.17) is 9.15 Å². The van der Waals surface area contributed by atoms with Crippen molar-refractivity contribution in [2.75, 3.05) is 0 Å². The number of pyridine rings is 1. The standard InChI is InChI=1S/C20H14BrN3O3/c1-12-10-16(15-4-2-3-5-17(15)22-12)20(25)26-11-18-23-24-19(27-18)13-6-8-14(21)9-7-13/h2-10H,11H2,1H3. The number of aryl methyl sites for hydroxylation is 1. The Kier molecular flexibility index (Phi) is 4.68. The van der Waals surface area contributed by atoms with E-state index in [1.165, 1.54) is 0 Å². The average molecular weight is 424 g/mol. The number of hydrogen-bond acceptors (Lipinski definition) is 6. The first-order chi connectivity index (χ1) is 13.1. The van der Waals surface area contributed by atoms with Crippen LogP contribution in [0.3, 0.4) is 0 Å². The van der Waals surface area contributed by atoms with Crippen LogP contribution in [0.2, 0.25) is 0 Å². The maximum Gasteiger partial charge on any atom is 0.339 e. The fraction of sp³-hybridized carbons (Fsp3) is 0.100. The van der Waals surface area contributed by atoms with Gasteiger partial charge in [-0.3, -0.25) is 4.98 Å². The van der Waals surface area contributed by atoms with Crippen LogP contribution in [0.15, 0.2) is 63.5 Å².